The zero-order valence-electron chi connectivity index (χ0n) is 13.1. The van der Waals surface area contributed by atoms with Gasteiger partial charge in [0.05, 0.1) is 19.8 Å². The predicted molar refractivity (Wildman–Crippen MR) is 82.1 cm³/mol. The van der Waals surface area contributed by atoms with E-state index in [2.05, 4.69) is 38.2 Å². The van der Waals surface area contributed by atoms with Gasteiger partial charge < -0.3 is 14.8 Å². The minimum atomic E-state index is 0.266. The smallest absolute Gasteiger partial charge is 0.118 e. The van der Waals surface area contributed by atoms with Gasteiger partial charge in [-0.15, -0.1) is 0 Å². The van der Waals surface area contributed by atoms with E-state index in [-0.39, 0.29) is 5.41 Å². The maximum Gasteiger partial charge on any atom is 0.118 e. The predicted octanol–water partition coefficient (Wildman–Crippen LogP) is 3.38. The summed E-state index contributed by atoms with van der Waals surface area (Å²) in [6, 6.07) is 8.71. The van der Waals surface area contributed by atoms with Crippen LogP contribution in [0.2, 0.25) is 0 Å². The van der Waals surface area contributed by atoms with E-state index in [1.54, 1.807) is 7.11 Å². The van der Waals surface area contributed by atoms with E-state index in [1.807, 2.05) is 12.1 Å². The van der Waals surface area contributed by atoms with E-state index in [0.29, 0.717) is 18.8 Å². The van der Waals surface area contributed by atoms with Crippen molar-refractivity contribution in [3.05, 3.63) is 29.8 Å². The first kappa shape index (κ1) is 15.3. The molecule has 1 aliphatic carbocycles. The Morgan fingerprint density at radius 2 is 1.95 bits per heavy atom. The molecule has 2 rings (SSSR count). The van der Waals surface area contributed by atoms with Gasteiger partial charge in [-0.05, 0) is 37.1 Å². The molecule has 3 unspecified atom stereocenters. The van der Waals surface area contributed by atoms with Crippen LogP contribution >= 0.6 is 0 Å². The summed E-state index contributed by atoms with van der Waals surface area (Å²) in [7, 11) is 1.69. The largest absolute Gasteiger partial charge is 0.497 e. The topological polar surface area (TPSA) is 30.5 Å². The average molecular weight is 277 g/mol. The van der Waals surface area contributed by atoms with Crippen LogP contribution in [0.15, 0.2) is 24.3 Å². The highest BCUT2D eigenvalue weighted by Gasteiger charge is 2.50. The number of hydrogen-bond acceptors (Lipinski definition) is 3. The molecule has 3 heteroatoms. The summed E-state index contributed by atoms with van der Waals surface area (Å²) in [5, 5.41) is 3.57. The van der Waals surface area contributed by atoms with E-state index in [1.165, 1.54) is 5.56 Å². The summed E-state index contributed by atoms with van der Waals surface area (Å²) in [6.07, 6.45) is 2.63. The average Bonchev–Trinajstić information content (AvgIpc) is 2.49. The van der Waals surface area contributed by atoms with Crippen LogP contribution in [0.25, 0.3) is 0 Å². The Hall–Kier alpha value is -1.06. The second-order valence-corrected chi connectivity index (χ2v) is 5.85. The van der Waals surface area contributed by atoms with Gasteiger partial charge in [0, 0.05) is 11.5 Å². The minimum Gasteiger partial charge on any atom is -0.497 e. The Labute approximate surface area is 122 Å². The number of ether oxygens (including phenoxy) is 2. The van der Waals surface area contributed by atoms with Crippen LogP contribution < -0.4 is 10.1 Å². The SMILES string of the molecule is CCNC1CC(OCc2ccc(OC)cc2)C1(C)CC. The highest BCUT2D eigenvalue weighted by Crippen LogP contribution is 2.46. The zero-order valence-corrected chi connectivity index (χ0v) is 13.1. The molecule has 0 aromatic heterocycles. The molecule has 3 nitrogen and oxygen atoms in total. The molecular formula is C17H27NO2. The number of methoxy groups -OCH3 is 1. The summed E-state index contributed by atoms with van der Waals surface area (Å²) in [5.74, 6) is 0.892. The molecule has 0 amide bonds. The maximum absolute atomic E-state index is 6.14. The van der Waals surface area contributed by atoms with Gasteiger partial charge >= 0.3 is 0 Å². The van der Waals surface area contributed by atoms with Crippen molar-refractivity contribution in [2.24, 2.45) is 5.41 Å². The van der Waals surface area contributed by atoms with Crippen molar-refractivity contribution in [1.29, 1.82) is 0 Å². The van der Waals surface area contributed by atoms with E-state index in [4.69, 9.17) is 9.47 Å². The van der Waals surface area contributed by atoms with Crippen LogP contribution in [0.5, 0.6) is 5.75 Å². The Kier molecular flexibility index (Phi) is 5.06. The molecular weight excluding hydrogens is 250 g/mol. The van der Waals surface area contributed by atoms with Gasteiger partial charge in [0.1, 0.15) is 5.75 Å². The fourth-order valence-corrected chi connectivity index (χ4v) is 3.03. The molecule has 0 heterocycles. The lowest BCUT2D eigenvalue weighted by molar-refractivity contribution is -0.135. The molecule has 0 saturated heterocycles. The molecule has 1 aliphatic rings. The van der Waals surface area contributed by atoms with Gasteiger partial charge in [0.15, 0.2) is 0 Å². The summed E-state index contributed by atoms with van der Waals surface area (Å²) < 4.78 is 11.3. The molecule has 3 atom stereocenters. The summed E-state index contributed by atoms with van der Waals surface area (Å²) in [5.41, 5.74) is 1.47. The molecule has 1 saturated carbocycles. The fourth-order valence-electron chi connectivity index (χ4n) is 3.03. The number of rotatable bonds is 7. The van der Waals surface area contributed by atoms with Gasteiger partial charge in [-0.25, -0.2) is 0 Å². The second-order valence-electron chi connectivity index (χ2n) is 5.85. The summed E-state index contributed by atoms with van der Waals surface area (Å²) in [6.45, 7) is 8.48. The standard InChI is InChI=1S/C17H27NO2/c1-5-17(3)15(18-6-2)11-16(17)20-12-13-7-9-14(19-4)10-8-13/h7-10,15-16,18H,5-6,11-12H2,1-4H3. The van der Waals surface area contributed by atoms with Gasteiger partial charge in [-0.3, -0.25) is 0 Å². The van der Waals surface area contributed by atoms with E-state index >= 15 is 0 Å². The van der Waals surface area contributed by atoms with Crippen LogP contribution in [0.4, 0.5) is 0 Å². The summed E-state index contributed by atoms with van der Waals surface area (Å²) >= 11 is 0. The first-order chi connectivity index (χ1) is 9.63. The van der Waals surface area contributed by atoms with Crippen LogP contribution in [-0.2, 0) is 11.3 Å². The molecule has 1 fully saturated rings. The van der Waals surface area contributed by atoms with Gasteiger partial charge in [-0.1, -0.05) is 32.9 Å². The maximum atomic E-state index is 6.14. The van der Waals surface area contributed by atoms with Crippen LogP contribution in [-0.4, -0.2) is 25.8 Å². The molecule has 112 valence electrons. The lowest BCUT2D eigenvalue weighted by atomic mass is 9.61. The second kappa shape index (κ2) is 6.59. The van der Waals surface area contributed by atoms with Crippen LogP contribution in [0.3, 0.4) is 0 Å². The molecule has 0 aliphatic heterocycles. The third kappa shape index (κ3) is 2.99. The van der Waals surface area contributed by atoms with E-state index < -0.39 is 0 Å². The Morgan fingerprint density at radius 3 is 2.50 bits per heavy atom. The Bertz CT molecular complexity index is 418. The zero-order chi connectivity index (χ0) is 14.6. The molecule has 0 bridgehead atoms. The van der Waals surface area contributed by atoms with Crippen molar-refractivity contribution < 1.29 is 9.47 Å². The van der Waals surface area contributed by atoms with E-state index in [9.17, 15) is 0 Å². The van der Waals surface area contributed by atoms with Crippen molar-refractivity contribution >= 4 is 0 Å². The first-order valence-electron chi connectivity index (χ1n) is 7.62. The molecule has 1 N–H and O–H groups in total. The lowest BCUT2D eigenvalue weighted by Crippen LogP contribution is -2.62. The minimum absolute atomic E-state index is 0.266. The highest BCUT2D eigenvalue weighted by atomic mass is 16.5. The molecule has 0 radical (unpaired) electrons. The van der Waals surface area contributed by atoms with Crippen molar-refractivity contribution in [1.82, 2.24) is 5.32 Å². The lowest BCUT2D eigenvalue weighted by Gasteiger charge is -2.53. The van der Waals surface area contributed by atoms with Crippen LogP contribution in [0.1, 0.15) is 39.2 Å². The Balaban J connectivity index is 1.87. The molecule has 20 heavy (non-hydrogen) atoms. The fraction of sp³-hybridized carbons (Fsp3) is 0.647. The van der Waals surface area contributed by atoms with Gasteiger partial charge in [-0.2, -0.15) is 0 Å². The quantitative estimate of drug-likeness (QED) is 0.829. The van der Waals surface area contributed by atoms with Crippen molar-refractivity contribution in [3.63, 3.8) is 0 Å². The van der Waals surface area contributed by atoms with Crippen molar-refractivity contribution in [2.45, 2.75) is 52.4 Å². The number of benzene rings is 1. The summed E-state index contributed by atoms with van der Waals surface area (Å²) in [4.78, 5) is 0. The van der Waals surface area contributed by atoms with E-state index in [0.717, 1.165) is 25.1 Å². The monoisotopic (exact) mass is 277 g/mol. The van der Waals surface area contributed by atoms with Crippen molar-refractivity contribution in [2.75, 3.05) is 13.7 Å². The highest BCUT2D eigenvalue weighted by molar-refractivity contribution is 5.26. The van der Waals surface area contributed by atoms with Crippen molar-refractivity contribution in [3.8, 4) is 5.75 Å². The Morgan fingerprint density at radius 1 is 1.25 bits per heavy atom. The molecule has 0 spiro atoms. The third-order valence-electron chi connectivity index (χ3n) is 4.80. The normalized spacial score (nSPS) is 29.0. The van der Waals surface area contributed by atoms with Gasteiger partial charge in [0.25, 0.3) is 0 Å². The molecule has 1 aromatic carbocycles. The first-order valence-corrected chi connectivity index (χ1v) is 7.62. The number of nitrogens with one attached hydrogen (secondary N) is 1. The van der Waals surface area contributed by atoms with Crippen LogP contribution in [0, 0.1) is 5.41 Å². The molecule has 1 aromatic rings. The van der Waals surface area contributed by atoms with Gasteiger partial charge in [0.2, 0.25) is 0 Å². The third-order valence-corrected chi connectivity index (χ3v) is 4.80. The number of hydrogen-bond donors (Lipinski definition) is 1.